The molecule has 5 heteroatoms. The second-order valence-electron chi connectivity index (χ2n) is 7.70. The molecule has 0 radical (unpaired) electrons. The first-order valence-electron chi connectivity index (χ1n) is 9.26. The molecule has 1 aliphatic rings. The molecule has 0 atom stereocenters. The summed E-state index contributed by atoms with van der Waals surface area (Å²) in [7, 11) is 0. The van der Waals surface area contributed by atoms with Crippen molar-refractivity contribution in [3.05, 3.63) is 53.3 Å². The lowest BCUT2D eigenvalue weighted by Crippen LogP contribution is -2.38. The quantitative estimate of drug-likeness (QED) is 0.594. The van der Waals surface area contributed by atoms with Gasteiger partial charge in [0.05, 0.1) is 0 Å². The van der Waals surface area contributed by atoms with Crippen LogP contribution in [-0.4, -0.2) is 11.8 Å². The third kappa shape index (κ3) is 4.79. The summed E-state index contributed by atoms with van der Waals surface area (Å²) < 4.78 is 30.9. The molecule has 0 N–H and O–H groups in total. The lowest BCUT2D eigenvalue weighted by Gasteiger charge is -2.31. The fourth-order valence-corrected chi connectivity index (χ4v) is 3.01. The molecule has 4 nitrogen and oxygen atoms in total. The number of hydrogen-bond acceptors (Lipinski definition) is 4. The van der Waals surface area contributed by atoms with Gasteiger partial charge in [0.2, 0.25) is 5.79 Å². The van der Waals surface area contributed by atoms with Crippen LogP contribution in [0.1, 0.15) is 56.5 Å². The maximum absolute atomic E-state index is 14.4. The van der Waals surface area contributed by atoms with Gasteiger partial charge < -0.3 is 14.2 Å². The minimum absolute atomic E-state index is 0.139. The average molecular weight is 372 g/mol. The van der Waals surface area contributed by atoms with Crippen molar-refractivity contribution in [2.24, 2.45) is 5.92 Å². The van der Waals surface area contributed by atoms with E-state index in [-0.39, 0.29) is 5.75 Å². The van der Waals surface area contributed by atoms with Crippen LogP contribution in [0.3, 0.4) is 0 Å². The van der Waals surface area contributed by atoms with E-state index >= 15 is 0 Å². The number of ether oxygens (including phenoxy) is 3. The number of halogens is 1. The first-order valence-corrected chi connectivity index (χ1v) is 9.26. The molecular weight excluding hydrogens is 347 g/mol. The topological polar surface area (TPSA) is 44.8 Å². The molecule has 0 saturated carbocycles. The number of carbonyl (C=O) groups is 1. The van der Waals surface area contributed by atoms with Gasteiger partial charge in [0.1, 0.15) is 17.1 Å². The Bertz CT molecular complexity index is 842. The molecule has 0 unspecified atom stereocenters. The van der Waals surface area contributed by atoms with Crippen LogP contribution in [0.4, 0.5) is 4.39 Å². The number of aryl methyl sites for hydroxylation is 1. The summed E-state index contributed by atoms with van der Waals surface area (Å²) in [5.74, 6) is -0.373. The molecule has 2 aromatic carbocycles. The predicted octanol–water partition coefficient (Wildman–Crippen LogP) is 5.88. The molecule has 1 heterocycles. The van der Waals surface area contributed by atoms with Gasteiger partial charge in [0.25, 0.3) is 0 Å². The van der Waals surface area contributed by atoms with Gasteiger partial charge in [0, 0.05) is 19.9 Å². The van der Waals surface area contributed by atoms with Gasteiger partial charge in [-0.2, -0.15) is 0 Å². The number of benzene rings is 2. The maximum atomic E-state index is 14.4. The number of carbonyl (C=O) groups excluding carboxylic acids is 1. The zero-order chi connectivity index (χ0) is 19.6. The van der Waals surface area contributed by atoms with Crippen LogP contribution in [0, 0.1) is 11.7 Å². The largest absolute Gasteiger partial charge is 0.454 e. The van der Waals surface area contributed by atoms with Crippen LogP contribution in [0.2, 0.25) is 0 Å². The van der Waals surface area contributed by atoms with E-state index < -0.39 is 17.6 Å². The Morgan fingerprint density at radius 2 is 1.89 bits per heavy atom. The Kier molecular flexibility index (Phi) is 5.40. The summed E-state index contributed by atoms with van der Waals surface area (Å²) >= 11 is 0. The molecule has 0 bridgehead atoms. The highest BCUT2D eigenvalue weighted by molar-refractivity contribution is 5.93. The third-order valence-corrected chi connectivity index (χ3v) is 4.34. The van der Waals surface area contributed by atoms with E-state index in [0.717, 1.165) is 24.8 Å². The van der Waals surface area contributed by atoms with Gasteiger partial charge in [-0.15, -0.1) is 0 Å². The van der Waals surface area contributed by atoms with Gasteiger partial charge in [-0.25, -0.2) is 9.18 Å². The fourth-order valence-electron chi connectivity index (χ4n) is 3.01. The number of hydrogen-bond donors (Lipinski definition) is 0. The molecule has 0 fully saturated rings. The first kappa shape index (κ1) is 19.2. The second-order valence-corrected chi connectivity index (χ2v) is 7.70. The average Bonchev–Trinajstić information content (AvgIpc) is 2.55. The zero-order valence-corrected chi connectivity index (χ0v) is 16.2. The summed E-state index contributed by atoms with van der Waals surface area (Å²) in [4.78, 5) is 12.0. The molecule has 144 valence electrons. The highest BCUT2D eigenvalue weighted by Crippen LogP contribution is 2.36. The van der Waals surface area contributed by atoms with E-state index in [1.54, 1.807) is 38.1 Å². The van der Waals surface area contributed by atoms with Crippen molar-refractivity contribution >= 4 is 5.97 Å². The molecule has 0 saturated heterocycles. The minimum atomic E-state index is -1.05. The van der Waals surface area contributed by atoms with E-state index in [4.69, 9.17) is 14.2 Å². The maximum Gasteiger partial charge on any atom is 0.345 e. The van der Waals surface area contributed by atoms with Crippen molar-refractivity contribution in [2.75, 3.05) is 0 Å². The molecule has 0 aliphatic carbocycles. The highest BCUT2D eigenvalue weighted by Gasteiger charge is 2.34. The highest BCUT2D eigenvalue weighted by atomic mass is 19.1. The van der Waals surface area contributed by atoms with Crippen molar-refractivity contribution < 1.29 is 23.4 Å². The van der Waals surface area contributed by atoms with Crippen molar-refractivity contribution in [3.8, 4) is 17.2 Å². The van der Waals surface area contributed by atoms with E-state index in [1.165, 1.54) is 6.07 Å². The molecule has 1 aliphatic heterocycles. The smallest absolute Gasteiger partial charge is 0.345 e. The van der Waals surface area contributed by atoms with Gasteiger partial charge in [0.15, 0.2) is 11.6 Å². The molecule has 0 aromatic heterocycles. The molecule has 2 aromatic rings. The Balaban J connectivity index is 1.73. The zero-order valence-electron chi connectivity index (χ0n) is 16.2. The molecule has 0 amide bonds. The third-order valence-electron chi connectivity index (χ3n) is 4.34. The lowest BCUT2D eigenvalue weighted by molar-refractivity contribution is -0.127. The van der Waals surface area contributed by atoms with E-state index in [0.29, 0.717) is 23.0 Å². The van der Waals surface area contributed by atoms with Crippen molar-refractivity contribution in [1.29, 1.82) is 0 Å². The molecule has 3 rings (SSSR count). The number of rotatable bonds is 6. The minimum Gasteiger partial charge on any atom is -0.454 e. The summed E-state index contributed by atoms with van der Waals surface area (Å²) in [5.41, 5.74) is 1.28. The van der Waals surface area contributed by atoms with E-state index in [9.17, 15) is 9.18 Å². The van der Waals surface area contributed by atoms with Crippen LogP contribution < -0.4 is 9.47 Å². The molecule has 0 spiro atoms. The SMILES string of the molecule is CC(C)CCCc1ccc(Oc2ccc3c(c2)OC(C)(C)OC3=O)c(F)c1. The van der Waals surface area contributed by atoms with Crippen LogP contribution in [0.15, 0.2) is 36.4 Å². The van der Waals surface area contributed by atoms with Crippen molar-refractivity contribution in [2.45, 2.75) is 52.7 Å². The molecular formula is C22H25FO4. The van der Waals surface area contributed by atoms with Crippen molar-refractivity contribution in [1.82, 2.24) is 0 Å². The number of fused-ring (bicyclic) bond motifs is 1. The summed E-state index contributed by atoms with van der Waals surface area (Å²) in [6, 6.07) is 9.77. The van der Waals surface area contributed by atoms with Crippen LogP contribution >= 0.6 is 0 Å². The van der Waals surface area contributed by atoms with Gasteiger partial charge >= 0.3 is 5.97 Å². The Labute approximate surface area is 159 Å². The summed E-state index contributed by atoms with van der Waals surface area (Å²) in [6.07, 6.45) is 3.00. The first-order chi connectivity index (χ1) is 12.7. The van der Waals surface area contributed by atoms with Gasteiger partial charge in [-0.05, 0) is 48.6 Å². The fraction of sp³-hybridized carbons (Fsp3) is 0.409. The van der Waals surface area contributed by atoms with Crippen LogP contribution in [-0.2, 0) is 11.2 Å². The van der Waals surface area contributed by atoms with Gasteiger partial charge in [-0.1, -0.05) is 26.3 Å². The number of cyclic esters (lactones) is 1. The second kappa shape index (κ2) is 7.59. The van der Waals surface area contributed by atoms with Crippen molar-refractivity contribution in [3.63, 3.8) is 0 Å². The van der Waals surface area contributed by atoms with Crippen LogP contribution in [0.5, 0.6) is 17.2 Å². The Hall–Kier alpha value is -2.56. The lowest BCUT2D eigenvalue weighted by atomic mass is 10.0. The standard InChI is InChI=1S/C22H25FO4/c1-14(2)6-5-7-15-8-11-19(18(23)12-15)25-16-9-10-17-20(13-16)26-22(3,4)27-21(17)24/h8-14H,5-7H2,1-4H3. The Morgan fingerprint density at radius 3 is 2.59 bits per heavy atom. The Morgan fingerprint density at radius 1 is 1.11 bits per heavy atom. The normalized spacial score (nSPS) is 15.1. The summed E-state index contributed by atoms with van der Waals surface area (Å²) in [5, 5.41) is 0. The number of esters is 1. The van der Waals surface area contributed by atoms with Gasteiger partial charge in [-0.3, -0.25) is 0 Å². The van der Waals surface area contributed by atoms with E-state index in [1.807, 2.05) is 6.07 Å². The molecule has 27 heavy (non-hydrogen) atoms. The monoisotopic (exact) mass is 372 g/mol. The predicted molar refractivity (Wildman–Crippen MR) is 101 cm³/mol. The summed E-state index contributed by atoms with van der Waals surface area (Å²) in [6.45, 7) is 7.67. The van der Waals surface area contributed by atoms with Crippen LogP contribution in [0.25, 0.3) is 0 Å². The van der Waals surface area contributed by atoms with E-state index in [2.05, 4.69) is 13.8 Å².